The molecule has 0 aliphatic carbocycles. The van der Waals surface area contributed by atoms with Crippen LogP contribution in [-0.4, -0.2) is 46.1 Å². The molecule has 5 heteroatoms. The van der Waals surface area contributed by atoms with Crippen LogP contribution >= 0.6 is 0 Å². The topological polar surface area (TPSA) is 46.0 Å². The smallest absolute Gasteiger partial charge is 0.0964 e. The minimum atomic E-state index is 0.482. The zero-order valence-corrected chi connectivity index (χ0v) is 12.2. The minimum absolute atomic E-state index is 0.482. The fraction of sp³-hybridized carbons (Fsp3) is 0.846. The largest absolute Gasteiger partial charge is 0.309 e. The summed E-state index contributed by atoms with van der Waals surface area (Å²) < 4.78 is 1.93. The van der Waals surface area contributed by atoms with E-state index in [1.165, 1.54) is 12.8 Å². The second-order valence-corrected chi connectivity index (χ2v) is 5.17. The monoisotopic (exact) mass is 253 g/mol. The summed E-state index contributed by atoms with van der Waals surface area (Å²) in [5.74, 6) is 0. The molecule has 18 heavy (non-hydrogen) atoms. The van der Waals surface area contributed by atoms with Crippen LogP contribution in [0.1, 0.15) is 39.3 Å². The molecule has 0 saturated carbocycles. The maximum atomic E-state index is 4.16. The van der Waals surface area contributed by atoms with Crippen LogP contribution in [0, 0.1) is 0 Å². The Bertz CT molecular complexity index is 321. The first kappa shape index (κ1) is 15.1. The number of nitrogens with zero attached hydrogens (tertiary/aromatic N) is 4. The Morgan fingerprint density at radius 1 is 1.39 bits per heavy atom. The van der Waals surface area contributed by atoms with Gasteiger partial charge in [-0.2, -0.15) is 0 Å². The van der Waals surface area contributed by atoms with Gasteiger partial charge in [-0.05, 0) is 20.0 Å². The van der Waals surface area contributed by atoms with Gasteiger partial charge in [-0.1, -0.05) is 32.4 Å². The zero-order chi connectivity index (χ0) is 13.4. The van der Waals surface area contributed by atoms with Crippen LogP contribution in [0.3, 0.4) is 0 Å². The van der Waals surface area contributed by atoms with Gasteiger partial charge in [0.1, 0.15) is 0 Å². The molecule has 1 aromatic heterocycles. The molecular weight excluding hydrogens is 226 g/mol. The van der Waals surface area contributed by atoms with Gasteiger partial charge in [-0.25, -0.2) is 0 Å². The van der Waals surface area contributed by atoms with Gasteiger partial charge in [-0.3, -0.25) is 4.68 Å². The van der Waals surface area contributed by atoms with Gasteiger partial charge in [0.15, 0.2) is 0 Å². The van der Waals surface area contributed by atoms with Crippen molar-refractivity contribution >= 4 is 0 Å². The molecule has 1 rings (SSSR count). The van der Waals surface area contributed by atoms with Crippen LogP contribution in [0.25, 0.3) is 0 Å². The molecule has 1 heterocycles. The van der Waals surface area contributed by atoms with E-state index in [-0.39, 0.29) is 0 Å². The van der Waals surface area contributed by atoms with Gasteiger partial charge in [0.2, 0.25) is 0 Å². The highest BCUT2D eigenvalue weighted by atomic mass is 15.4. The molecule has 0 amide bonds. The molecular formula is C13H27N5. The first-order valence-electron chi connectivity index (χ1n) is 6.92. The zero-order valence-electron chi connectivity index (χ0n) is 12.2. The average Bonchev–Trinajstić information content (AvgIpc) is 2.79. The van der Waals surface area contributed by atoms with E-state index in [0.29, 0.717) is 6.04 Å². The predicted molar refractivity (Wildman–Crippen MR) is 74.4 cm³/mol. The number of likely N-dealkylation sites (N-methyl/N-ethyl adjacent to an activating group) is 1. The Morgan fingerprint density at radius 2 is 2.17 bits per heavy atom. The highest BCUT2D eigenvalue weighted by Gasteiger charge is 2.03. The van der Waals surface area contributed by atoms with Crippen molar-refractivity contribution in [2.24, 2.45) is 0 Å². The summed E-state index contributed by atoms with van der Waals surface area (Å²) in [5, 5.41) is 11.6. The second-order valence-electron chi connectivity index (χ2n) is 5.17. The highest BCUT2D eigenvalue weighted by Crippen LogP contribution is 1.96. The fourth-order valence-corrected chi connectivity index (χ4v) is 1.65. The SMILES string of the molecule is CCCCN(C)CCn1cc(CNC(C)C)nn1. The summed E-state index contributed by atoms with van der Waals surface area (Å²) in [5.41, 5.74) is 1.01. The van der Waals surface area contributed by atoms with Gasteiger partial charge < -0.3 is 10.2 Å². The van der Waals surface area contributed by atoms with Crippen molar-refractivity contribution < 1.29 is 0 Å². The molecule has 1 N–H and O–H groups in total. The van der Waals surface area contributed by atoms with Crippen LogP contribution in [0.4, 0.5) is 0 Å². The molecule has 0 aliphatic heterocycles. The lowest BCUT2D eigenvalue weighted by Crippen LogP contribution is -2.24. The van der Waals surface area contributed by atoms with E-state index in [0.717, 1.165) is 31.9 Å². The van der Waals surface area contributed by atoms with Crippen LogP contribution in [0.5, 0.6) is 0 Å². The fourth-order valence-electron chi connectivity index (χ4n) is 1.65. The van der Waals surface area contributed by atoms with Crippen LogP contribution in [0.2, 0.25) is 0 Å². The van der Waals surface area contributed by atoms with Gasteiger partial charge in [0, 0.05) is 25.3 Å². The van der Waals surface area contributed by atoms with E-state index in [9.17, 15) is 0 Å². The normalized spacial score (nSPS) is 11.7. The molecule has 0 saturated heterocycles. The Morgan fingerprint density at radius 3 is 2.83 bits per heavy atom. The van der Waals surface area contributed by atoms with Crippen molar-refractivity contribution in [3.8, 4) is 0 Å². The van der Waals surface area contributed by atoms with E-state index in [1.54, 1.807) is 0 Å². The van der Waals surface area contributed by atoms with E-state index < -0.39 is 0 Å². The molecule has 0 aromatic carbocycles. The van der Waals surface area contributed by atoms with Crippen LogP contribution < -0.4 is 5.32 Å². The van der Waals surface area contributed by atoms with Crippen molar-refractivity contribution in [2.75, 3.05) is 20.1 Å². The van der Waals surface area contributed by atoms with Crippen molar-refractivity contribution in [3.05, 3.63) is 11.9 Å². The summed E-state index contributed by atoms with van der Waals surface area (Å²) in [6.45, 7) is 10.4. The van der Waals surface area contributed by atoms with Gasteiger partial charge in [0.05, 0.1) is 12.2 Å². The summed E-state index contributed by atoms with van der Waals surface area (Å²) in [6, 6.07) is 0.482. The van der Waals surface area contributed by atoms with E-state index in [4.69, 9.17) is 0 Å². The van der Waals surface area contributed by atoms with E-state index in [1.807, 2.05) is 10.9 Å². The lowest BCUT2D eigenvalue weighted by molar-refractivity contribution is 0.306. The number of aromatic nitrogens is 3. The quantitative estimate of drug-likeness (QED) is 0.724. The molecule has 0 bridgehead atoms. The molecule has 0 aliphatic rings. The number of nitrogens with one attached hydrogen (secondary N) is 1. The number of hydrogen-bond acceptors (Lipinski definition) is 4. The molecule has 0 unspecified atom stereocenters. The lowest BCUT2D eigenvalue weighted by atomic mass is 10.3. The van der Waals surface area contributed by atoms with E-state index in [2.05, 4.69) is 48.3 Å². The second kappa shape index (κ2) is 8.21. The standard InChI is InChI=1S/C13H27N5/c1-5-6-7-17(4)8-9-18-11-13(15-16-18)10-14-12(2)3/h11-12,14H,5-10H2,1-4H3. The van der Waals surface area contributed by atoms with Crippen molar-refractivity contribution in [1.82, 2.24) is 25.2 Å². The maximum absolute atomic E-state index is 4.16. The Balaban J connectivity index is 2.26. The van der Waals surface area contributed by atoms with Crippen LogP contribution in [-0.2, 0) is 13.1 Å². The molecule has 5 nitrogen and oxygen atoms in total. The number of unbranched alkanes of at least 4 members (excludes halogenated alkanes) is 1. The van der Waals surface area contributed by atoms with Gasteiger partial charge in [0.25, 0.3) is 0 Å². The Labute approximate surface area is 111 Å². The Hall–Kier alpha value is -0.940. The molecule has 1 aromatic rings. The lowest BCUT2D eigenvalue weighted by Gasteiger charge is -2.15. The van der Waals surface area contributed by atoms with Gasteiger partial charge >= 0.3 is 0 Å². The summed E-state index contributed by atoms with van der Waals surface area (Å²) in [4.78, 5) is 2.34. The summed E-state index contributed by atoms with van der Waals surface area (Å²) in [6.07, 6.45) is 4.54. The van der Waals surface area contributed by atoms with Crippen molar-refractivity contribution in [1.29, 1.82) is 0 Å². The first-order valence-corrected chi connectivity index (χ1v) is 6.92. The minimum Gasteiger partial charge on any atom is -0.309 e. The van der Waals surface area contributed by atoms with Crippen molar-refractivity contribution in [3.63, 3.8) is 0 Å². The summed E-state index contributed by atoms with van der Waals surface area (Å²) >= 11 is 0. The van der Waals surface area contributed by atoms with Crippen molar-refractivity contribution in [2.45, 2.75) is 52.7 Å². The highest BCUT2D eigenvalue weighted by molar-refractivity contribution is 4.91. The molecule has 0 atom stereocenters. The molecule has 0 radical (unpaired) electrons. The Kier molecular flexibility index (Phi) is 6.90. The molecule has 0 spiro atoms. The maximum Gasteiger partial charge on any atom is 0.0964 e. The van der Waals surface area contributed by atoms with Crippen LogP contribution in [0.15, 0.2) is 6.20 Å². The summed E-state index contributed by atoms with van der Waals surface area (Å²) in [7, 11) is 2.16. The third kappa shape index (κ3) is 6.12. The predicted octanol–water partition coefficient (Wildman–Crippen LogP) is 1.51. The third-order valence-corrected chi connectivity index (χ3v) is 2.88. The number of hydrogen-bond donors (Lipinski definition) is 1. The van der Waals surface area contributed by atoms with E-state index >= 15 is 0 Å². The number of rotatable bonds is 9. The third-order valence-electron chi connectivity index (χ3n) is 2.88. The van der Waals surface area contributed by atoms with Gasteiger partial charge in [-0.15, -0.1) is 5.10 Å². The molecule has 104 valence electrons. The molecule has 0 fully saturated rings. The average molecular weight is 253 g/mol. The first-order chi connectivity index (χ1) is 8.61.